The van der Waals surface area contributed by atoms with Crippen molar-refractivity contribution < 1.29 is 68.6 Å². The molecule has 1 heterocycles. The summed E-state index contributed by atoms with van der Waals surface area (Å²) in [6.45, 7) is 13.8. The van der Waals surface area contributed by atoms with Gasteiger partial charge >= 0.3 is 45.8 Å². The van der Waals surface area contributed by atoms with Crippen LogP contribution in [-0.2, 0) is 71.3 Å². The summed E-state index contributed by atoms with van der Waals surface area (Å²) in [5.74, 6) is -3.14. The Kier molecular flexibility index (Phi) is 30.5. The summed E-state index contributed by atoms with van der Waals surface area (Å²) >= 11 is 0. The first kappa shape index (κ1) is 41.5. The maximum absolute atomic E-state index is 11.9. The average molecular weight is 712 g/mol. The molecule has 0 bridgehead atoms. The maximum atomic E-state index is 11.9. The Morgan fingerprint density at radius 2 is 1.63 bits per heavy atom. The van der Waals surface area contributed by atoms with Crippen LogP contribution in [0.1, 0.15) is 31.4 Å². The van der Waals surface area contributed by atoms with Crippen LogP contribution in [0.5, 0.6) is 0 Å². The van der Waals surface area contributed by atoms with Gasteiger partial charge in [0.05, 0.1) is 5.69 Å². The number of rotatable bonds is 16. The molecule has 1 unspecified atom stereocenters. The molecule has 3 amide bonds. The van der Waals surface area contributed by atoms with Crippen LogP contribution < -0.4 is 21.7 Å². The van der Waals surface area contributed by atoms with Crippen LogP contribution in [0.2, 0.25) is 0 Å². The zero-order valence-corrected chi connectivity index (χ0v) is 22.6. The number of aromatic nitrogens is 3. The Morgan fingerprint density at radius 3 is 2.16 bits per heavy atom. The van der Waals surface area contributed by atoms with E-state index in [2.05, 4.69) is 46.2 Å². The number of amides is 3. The molecule has 0 aliphatic heterocycles. The number of carbonyl (C=O) groups is 5. The van der Waals surface area contributed by atoms with Gasteiger partial charge in [-0.3, -0.25) is 19.2 Å². The Hall–Kier alpha value is -3.67. The molecule has 0 aliphatic rings. The van der Waals surface area contributed by atoms with E-state index in [1.165, 1.54) is 10.9 Å². The molecule has 0 saturated carbocycles. The fourth-order valence-corrected chi connectivity index (χ4v) is 2.49. The number of hydrogen-bond acceptors (Lipinski definition) is 8. The fourth-order valence-electron chi connectivity index (χ4n) is 2.49. The first-order chi connectivity index (χ1) is 17.7. The molecular weight excluding hydrogens is 684 g/mol. The smallest absolute Gasteiger partial charge is 0 e. The average Bonchev–Trinajstić information content (AvgIpc) is 3.33. The third-order valence-corrected chi connectivity index (χ3v) is 4.09. The van der Waals surface area contributed by atoms with Crippen molar-refractivity contribution in [2.45, 2.75) is 50.7 Å². The predicted molar refractivity (Wildman–Crippen MR) is 116 cm³/mol. The summed E-state index contributed by atoms with van der Waals surface area (Å²) in [5.41, 5.74) is 5.77. The van der Waals surface area contributed by atoms with Crippen molar-refractivity contribution in [2.24, 2.45) is 5.73 Å². The number of carboxylic acid groups (broad SMARTS) is 2. The van der Waals surface area contributed by atoms with Gasteiger partial charge in [-0.2, -0.15) is 0 Å². The quantitative estimate of drug-likeness (QED) is 0.0441. The van der Waals surface area contributed by atoms with E-state index in [4.69, 9.17) is 24.8 Å². The van der Waals surface area contributed by atoms with E-state index in [1.807, 2.05) is 0 Å². The molecule has 38 heavy (non-hydrogen) atoms. The number of nitrogens with two attached hydrogens (primary N) is 1. The van der Waals surface area contributed by atoms with Crippen molar-refractivity contribution in [3.05, 3.63) is 31.8 Å². The van der Waals surface area contributed by atoms with E-state index in [-0.39, 0.29) is 58.7 Å². The van der Waals surface area contributed by atoms with E-state index in [1.54, 1.807) is 0 Å². The molecule has 2 atom stereocenters. The summed E-state index contributed by atoms with van der Waals surface area (Å²) in [4.78, 5) is 55.7. The molecule has 1 rings (SSSR count). The first-order valence-electron chi connectivity index (χ1n) is 10.2. The second-order valence-electron chi connectivity index (χ2n) is 6.68. The monoisotopic (exact) mass is 712 g/mol. The molecule has 18 heteroatoms. The predicted octanol–water partition coefficient (Wildman–Crippen LogP) is -2.89. The van der Waals surface area contributed by atoms with Crippen LogP contribution in [-0.4, -0.2) is 80.5 Å². The van der Waals surface area contributed by atoms with Gasteiger partial charge in [-0.05, 0) is 19.3 Å². The topological polar surface area (TPSA) is 278 Å². The molecule has 0 spiro atoms. The number of unbranched alkanes of at least 4 members (excludes halogenated alkanes) is 1. The molecule has 1 radical (unpaired) electrons. The van der Waals surface area contributed by atoms with Crippen molar-refractivity contribution >= 4 is 30.2 Å². The fraction of sp³-hybridized carbons (Fsp3) is 0.500. The van der Waals surface area contributed by atoms with Crippen LogP contribution >= 0.6 is 0 Å². The van der Waals surface area contributed by atoms with Gasteiger partial charge in [0.25, 0.3) is 0 Å². The Labute approximate surface area is 231 Å². The molecular formula is C20H27N7O10Re. The normalized spacial score (nSPS) is 10.3. The standard InChI is InChI=1S/C17H27N7O7.3CO.Re/c18-12(16(28)29)7-11-8-24(23-22-11)9-15(27)20-5-2-1-3-13(17(30)31)21-14(26)4-6-19-10-25;3*1-2;/h8,10,12-13H,1-7,9,18H2,(H,19,25)(H,20,27)(H,21,26)(H,28,29)(H,30,31);;;;/t12-,13?;;;;/m0..../s1. The van der Waals surface area contributed by atoms with E-state index >= 15 is 0 Å². The summed E-state index contributed by atoms with van der Waals surface area (Å²) in [5, 5.41) is 32.8. The Balaban J connectivity index is -0.000000767. The van der Waals surface area contributed by atoms with Crippen LogP contribution in [0.3, 0.4) is 0 Å². The molecule has 1 aromatic rings. The van der Waals surface area contributed by atoms with Gasteiger partial charge in [0.15, 0.2) is 0 Å². The minimum atomic E-state index is -1.16. The molecule has 1 aromatic heterocycles. The molecule has 0 aromatic carbocycles. The molecule has 0 fully saturated rings. The van der Waals surface area contributed by atoms with Crippen molar-refractivity contribution in [1.29, 1.82) is 0 Å². The third kappa shape index (κ3) is 21.6. The van der Waals surface area contributed by atoms with E-state index in [0.29, 0.717) is 31.5 Å². The second kappa shape index (κ2) is 27.9. The van der Waals surface area contributed by atoms with Crippen molar-refractivity contribution in [2.75, 3.05) is 13.1 Å². The van der Waals surface area contributed by atoms with Gasteiger partial charge < -0.3 is 31.9 Å². The van der Waals surface area contributed by atoms with Crippen molar-refractivity contribution in [1.82, 2.24) is 30.9 Å². The molecule has 17 nitrogen and oxygen atoms in total. The number of carboxylic acids is 2. The number of hydrogen-bond donors (Lipinski definition) is 6. The number of aliphatic carboxylic acids is 2. The van der Waals surface area contributed by atoms with E-state index < -0.39 is 29.9 Å². The summed E-state index contributed by atoms with van der Waals surface area (Å²) < 4.78 is 23.8. The molecule has 7 N–H and O–H groups in total. The van der Waals surface area contributed by atoms with Crippen LogP contribution in [0.15, 0.2) is 6.20 Å². The minimum absolute atomic E-state index is 0. The third-order valence-electron chi connectivity index (χ3n) is 4.09. The number of carbonyl (C=O) groups excluding carboxylic acids is 3. The summed E-state index contributed by atoms with van der Waals surface area (Å²) in [7, 11) is 0. The van der Waals surface area contributed by atoms with Crippen molar-refractivity contribution in [3.8, 4) is 0 Å². The van der Waals surface area contributed by atoms with Crippen LogP contribution in [0, 0.1) is 20.0 Å². The SMILES string of the molecule is N[C@@H](Cc1cn(CC(=O)NCCCCC(NC(=O)CCNC=O)C(=O)O)nn1)C(=O)O.[C-]#[O+].[C-]#[O+].[C-]#[O+].[Re]. The summed E-state index contributed by atoms with van der Waals surface area (Å²) in [6.07, 6.45) is 2.99. The van der Waals surface area contributed by atoms with Gasteiger partial charge in [-0.25, -0.2) is 9.48 Å². The van der Waals surface area contributed by atoms with Gasteiger partial charge in [0.1, 0.15) is 18.6 Å². The van der Waals surface area contributed by atoms with Crippen LogP contribution in [0.25, 0.3) is 0 Å². The zero-order valence-electron chi connectivity index (χ0n) is 19.9. The molecule has 209 valence electrons. The molecule has 0 aliphatic carbocycles. The number of nitrogens with one attached hydrogen (secondary N) is 3. The van der Waals surface area contributed by atoms with E-state index in [9.17, 15) is 29.1 Å². The Bertz CT molecular complexity index is 890. The van der Waals surface area contributed by atoms with Gasteiger partial charge in [0.2, 0.25) is 18.2 Å². The van der Waals surface area contributed by atoms with Gasteiger partial charge in [0, 0.05) is 52.6 Å². The molecule has 0 saturated heterocycles. The van der Waals surface area contributed by atoms with Crippen molar-refractivity contribution in [3.63, 3.8) is 0 Å². The summed E-state index contributed by atoms with van der Waals surface area (Å²) in [6, 6.07) is -2.16. The second-order valence-corrected chi connectivity index (χ2v) is 6.68. The largest absolute Gasteiger partial charge is 0 e. The Morgan fingerprint density at radius 1 is 1.03 bits per heavy atom. The zero-order chi connectivity index (χ0) is 29.2. The van der Waals surface area contributed by atoms with Gasteiger partial charge in [-0.1, -0.05) is 5.21 Å². The minimum Gasteiger partial charge on any atom is 0 e. The van der Waals surface area contributed by atoms with Gasteiger partial charge in [-0.15, -0.1) is 5.10 Å². The first-order valence-corrected chi connectivity index (χ1v) is 10.2. The number of nitrogens with zero attached hydrogens (tertiary/aromatic N) is 3. The maximum Gasteiger partial charge on any atom is 0 e. The van der Waals surface area contributed by atoms with Crippen LogP contribution in [0.4, 0.5) is 0 Å². The van der Waals surface area contributed by atoms with E-state index in [0.717, 1.165) is 0 Å².